The largest absolute Gasteiger partial charge is 0.459 e. The second-order valence-corrected chi connectivity index (χ2v) is 14.2. The van der Waals surface area contributed by atoms with Crippen LogP contribution in [0.3, 0.4) is 0 Å². The number of carbonyl (C=O) groups is 5. The van der Waals surface area contributed by atoms with Crippen molar-refractivity contribution in [3.63, 3.8) is 0 Å². The van der Waals surface area contributed by atoms with Crippen molar-refractivity contribution < 1.29 is 42.9 Å². The second-order valence-electron chi connectivity index (χ2n) is 14.2. The molecule has 0 fully saturated rings. The summed E-state index contributed by atoms with van der Waals surface area (Å²) in [6.45, 7) is 16.4. The first-order valence-corrected chi connectivity index (χ1v) is 16.2. The van der Waals surface area contributed by atoms with E-state index in [9.17, 15) is 24.0 Å². The van der Waals surface area contributed by atoms with Crippen LogP contribution >= 0.6 is 0 Å². The van der Waals surface area contributed by atoms with Gasteiger partial charge in [0.1, 0.15) is 35.5 Å². The first-order valence-electron chi connectivity index (χ1n) is 16.2. The predicted octanol–water partition coefficient (Wildman–Crippen LogP) is 5.50. The standard InChI is InChI=1S/C34H56N4O9/c1-32(2,3)45-29(41)35-21-15-13-19-25(38-31(43)47-34(7,8)9)27(39)37-26(28(40)44-23-24-17-11-10-12-18-24)20-14-16-22-36-30(42)46-33(4,5)6/h10-12,17-18,25-26H,13-16,19-23H2,1-9H3,(H,35,41)(H,36,42)(H,37,39)(H,38,43)/t25-,26?/m0/s1. The first kappa shape index (κ1) is 41.0. The third-order valence-electron chi connectivity index (χ3n) is 6.01. The Kier molecular flexibility index (Phi) is 17.1. The molecule has 2 atom stereocenters. The van der Waals surface area contributed by atoms with Crippen LogP contribution in [0.5, 0.6) is 0 Å². The Morgan fingerprint density at radius 1 is 0.596 bits per heavy atom. The summed E-state index contributed by atoms with van der Waals surface area (Å²) in [5.41, 5.74) is -1.25. The van der Waals surface area contributed by atoms with E-state index in [1.807, 2.05) is 30.3 Å². The molecule has 0 aliphatic rings. The van der Waals surface area contributed by atoms with Crippen molar-refractivity contribution in [3.05, 3.63) is 35.9 Å². The van der Waals surface area contributed by atoms with Crippen molar-refractivity contribution >= 4 is 30.2 Å². The number of esters is 1. The number of hydrogen-bond donors (Lipinski definition) is 4. The average Bonchev–Trinajstić information content (AvgIpc) is 2.91. The van der Waals surface area contributed by atoms with Gasteiger partial charge in [-0.2, -0.15) is 0 Å². The minimum atomic E-state index is -1.02. The van der Waals surface area contributed by atoms with E-state index in [1.54, 1.807) is 62.3 Å². The van der Waals surface area contributed by atoms with Crippen molar-refractivity contribution in [2.75, 3.05) is 13.1 Å². The van der Waals surface area contributed by atoms with Gasteiger partial charge in [0.15, 0.2) is 0 Å². The Labute approximate surface area is 279 Å². The molecule has 0 spiro atoms. The quantitative estimate of drug-likeness (QED) is 0.101. The molecule has 0 saturated heterocycles. The number of alkyl carbamates (subject to hydrolysis) is 3. The van der Waals surface area contributed by atoms with E-state index in [0.29, 0.717) is 38.8 Å². The number of carbonyl (C=O) groups excluding carboxylic acids is 5. The highest BCUT2D eigenvalue weighted by molar-refractivity contribution is 5.89. The molecule has 0 aromatic heterocycles. The zero-order valence-electron chi connectivity index (χ0n) is 29.6. The Balaban J connectivity index is 2.90. The maximum atomic E-state index is 13.5. The van der Waals surface area contributed by atoms with Crippen LogP contribution in [0.4, 0.5) is 14.4 Å². The highest BCUT2D eigenvalue weighted by Crippen LogP contribution is 2.12. The molecule has 4 N–H and O–H groups in total. The van der Waals surface area contributed by atoms with Crippen LogP contribution in [0, 0.1) is 0 Å². The van der Waals surface area contributed by atoms with E-state index in [2.05, 4.69) is 21.3 Å². The SMILES string of the molecule is CC(C)(C)OC(=O)NCCCCC(NC(=O)[C@H](CCCCNC(=O)OC(C)(C)C)NC(=O)OC(C)(C)C)C(=O)OCc1ccccc1. The summed E-state index contributed by atoms with van der Waals surface area (Å²) in [6, 6.07) is 7.12. The number of benzene rings is 1. The summed E-state index contributed by atoms with van der Waals surface area (Å²) in [4.78, 5) is 63.2. The molecule has 13 nitrogen and oxygen atoms in total. The molecule has 1 aromatic rings. The van der Waals surface area contributed by atoms with E-state index in [-0.39, 0.29) is 19.4 Å². The maximum absolute atomic E-state index is 13.5. The van der Waals surface area contributed by atoms with Gasteiger partial charge in [-0.3, -0.25) is 4.79 Å². The van der Waals surface area contributed by atoms with Crippen LogP contribution in [0.15, 0.2) is 30.3 Å². The minimum absolute atomic E-state index is 0.0243. The number of hydrogen-bond acceptors (Lipinski definition) is 9. The van der Waals surface area contributed by atoms with Gasteiger partial charge < -0.3 is 40.2 Å². The van der Waals surface area contributed by atoms with E-state index in [4.69, 9.17) is 18.9 Å². The molecule has 266 valence electrons. The summed E-state index contributed by atoms with van der Waals surface area (Å²) in [6.07, 6.45) is 0.541. The molecule has 13 heteroatoms. The minimum Gasteiger partial charge on any atom is -0.459 e. The van der Waals surface area contributed by atoms with Crippen molar-refractivity contribution in [1.82, 2.24) is 21.3 Å². The Morgan fingerprint density at radius 3 is 1.51 bits per heavy atom. The van der Waals surface area contributed by atoms with Crippen LogP contribution in [-0.4, -0.2) is 72.1 Å². The van der Waals surface area contributed by atoms with Gasteiger partial charge in [0.25, 0.3) is 0 Å². The van der Waals surface area contributed by atoms with Gasteiger partial charge in [0, 0.05) is 13.1 Å². The molecule has 1 rings (SSSR count). The third kappa shape index (κ3) is 21.4. The second kappa shape index (κ2) is 19.6. The molecular weight excluding hydrogens is 608 g/mol. The predicted molar refractivity (Wildman–Crippen MR) is 178 cm³/mol. The number of unbranched alkanes of at least 4 members (excludes halogenated alkanes) is 2. The first-order chi connectivity index (χ1) is 21.7. The number of amides is 4. The lowest BCUT2D eigenvalue weighted by atomic mass is 10.1. The van der Waals surface area contributed by atoms with Gasteiger partial charge >= 0.3 is 24.2 Å². The Hall–Kier alpha value is -4.03. The van der Waals surface area contributed by atoms with Crippen LogP contribution in [0.2, 0.25) is 0 Å². The molecule has 0 radical (unpaired) electrons. The van der Waals surface area contributed by atoms with Crippen molar-refractivity contribution in [2.45, 2.75) is 136 Å². The van der Waals surface area contributed by atoms with Gasteiger partial charge in [-0.15, -0.1) is 0 Å². The molecule has 4 amide bonds. The molecule has 0 heterocycles. The zero-order chi connectivity index (χ0) is 35.7. The third-order valence-corrected chi connectivity index (χ3v) is 6.01. The topological polar surface area (TPSA) is 170 Å². The van der Waals surface area contributed by atoms with Gasteiger partial charge in [0.05, 0.1) is 0 Å². The lowest BCUT2D eigenvalue weighted by Crippen LogP contribution is -2.52. The van der Waals surface area contributed by atoms with Crippen LogP contribution < -0.4 is 21.3 Å². The van der Waals surface area contributed by atoms with Gasteiger partial charge in [-0.05, 0) is 106 Å². The van der Waals surface area contributed by atoms with Crippen LogP contribution in [-0.2, 0) is 35.1 Å². The zero-order valence-corrected chi connectivity index (χ0v) is 29.6. The molecule has 0 aliphatic carbocycles. The van der Waals surface area contributed by atoms with Crippen molar-refractivity contribution in [2.24, 2.45) is 0 Å². The molecule has 0 aliphatic heterocycles. The molecule has 1 unspecified atom stereocenters. The molecule has 47 heavy (non-hydrogen) atoms. The molecule has 0 bridgehead atoms. The summed E-state index contributed by atoms with van der Waals surface area (Å²) in [5.74, 6) is -1.20. The van der Waals surface area contributed by atoms with Crippen LogP contribution in [0.25, 0.3) is 0 Å². The normalized spacial score (nSPS) is 13.0. The van der Waals surface area contributed by atoms with E-state index < -0.39 is 59.0 Å². The Morgan fingerprint density at radius 2 is 1.04 bits per heavy atom. The summed E-state index contributed by atoms with van der Waals surface area (Å²) >= 11 is 0. The van der Waals surface area contributed by atoms with Crippen LogP contribution in [0.1, 0.15) is 106 Å². The highest BCUT2D eigenvalue weighted by atomic mass is 16.6. The molecule has 0 saturated carbocycles. The van der Waals surface area contributed by atoms with Gasteiger partial charge in [-0.1, -0.05) is 30.3 Å². The fourth-order valence-electron chi connectivity index (χ4n) is 4.03. The molecule has 1 aromatic carbocycles. The smallest absolute Gasteiger partial charge is 0.408 e. The molecular formula is C34H56N4O9. The number of nitrogens with one attached hydrogen (secondary N) is 4. The summed E-state index contributed by atoms with van der Waals surface area (Å²) < 4.78 is 21.4. The lowest BCUT2D eigenvalue weighted by Gasteiger charge is -2.25. The van der Waals surface area contributed by atoms with E-state index in [1.165, 1.54) is 0 Å². The lowest BCUT2D eigenvalue weighted by molar-refractivity contribution is -0.149. The van der Waals surface area contributed by atoms with E-state index >= 15 is 0 Å². The van der Waals surface area contributed by atoms with Gasteiger partial charge in [-0.25, -0.2) is 19.2 Å². The van der Waals surface area contributed by atoms with Gasteiger partial charge in [0.2, 0.25) is 5.91 Å². The monoisotopic (exact) mass is 664 g/mol. The number of ether oxygens (including phenoxy) is 4. The summed E-state index contributed by atoms with van der Waals surface area (Å²) in [7, 11) is 0. The fraction of sp³-hybridized carbons (Fsp3) is 0.676. The number of rotatable bonds is 16. The van der Waals surface area contributed by atoms with Crippen molar-refractivity contribution in [3.8, 4) is 0 Å². The highest BCUT2D eigenvalue weighted by Gasteiger charge is 2.29. The Bertz CT molecular complexity index is 1140. The summed E-state index contributed by atoms with van der Waals surface area (Å²) in [5, 5.41) is 10.7. The fourth-order valence-corrected chi connectivity index (χ4v) is 4.03. The average molecular weight is 665 g/mol. The van der Waals surface area contributed by atoms with Crippen molar-refractivity contribution in [1.29, 1.82) is 0 Å². The van der Waals surface area contributed by atoms with E-state index in [0.717, 1.165) is 5.56 Å². The maximum Gasteiger partial charge on any atom is 0.408 e.